The van der Waals surface area contributed by atoms with Gasteiger partial charge in [-0.15, -0.1) is 0 Å². The molecule has 0 radical (unpaired) electrons. The Morgan fingerprint density at radius 2 is 1.44 bits per heavy atom. The highest BCUT2D eigenvalue weighted by atomic mass is 19.1. The van der Waals surface area contributed by atoms with Crippen LogP contribution in [0.5, 0.6) is 0 Å². The van der Waals surface area contributed by atoms with Crippen LogP contribution in [0.3, 0.4) is 0 Å². The summed E-state index contributed by atoms with van der Waals surface area (Å²) in [6, 6.07) is 12.8. The molecule has 1 fully saturated rings. The van der Waals surface area contributed by atoms with Crippen molar-refractivity contribution in [2.75, 3.05) is 30.3 Å². The number of halogens is 1. The van der Waals surface area contributed by atoms with Crippen molar-refractivity contribution in [1.82, 2.24) is 4.90 Å². The van der Waals surface area contributed by atoms with Crippen LogP contribution >= 0.6 is 0 Å². The molecule has 142 valence electrons. The van der Waals surface area contributed by atoms with E-state index in [0.29, 0.717) is 16.9 Å². The van der Waals surface area contributed by atoms with Gasteiger partial charge in [-0.25, -0.2) is 4.39 Å². The summed E-state index contributed by atoms with van der Waals surface area (Å²) >= 11 is 0. The molecule has 1 saturated heterocycles. The topological polar surface area (TPSA) is 61.4 Å². The molecule has 1 aliphatic heterocycles. The highest BCUT2D eigenvalue weighted by Gasteiger charge is 2.17. The Morgan fingerprint density at radius 1 is 0.852 bits per heavy atom. The molecule has 0 saturated carbocycles. The third-order valence-corrected chi connectivity index (χ3v) is 4.61. The second-order valence-corrected chi connectivity index (χ2v) is 6.69. The molecule has 27 heavy (non-hydrogen) atoms. The summed E-state index contributed by atoms with van der Waals surface area (Å²) in [6.45, 7) is 1.69. The summed E-state index contributed by atoms with van der Waals surface area (Å²) in [6.07, 6.45) is 4.48. The first-order valence-electron chi connectivity index (χ1n) is 9.30. The SMILES string of the molecule is O=C(CNc1ccc(F)cc1)Nc1ccc(C(=O)N2CCCCCC2)cc1. The molecular weight excluding hydrogens is 345 g/mol. The lowest BCUT2D eigenvalue weighted by Gasteiger charge is -2.20. The van der Waals surface area contributed by atoms with Gasteiger partial charge in [0.1, 0.15) is 5.82 Å². The maximum absolute atomic E-state index is 12.9. The zero-order valence-electron chi connectivity index (χ0n) is 15.2. The Morgan fingerprint density at radius 3 is 2.07 bits per heavy atom. The highest BCUT2D eigenvalue weighted by Crippen LogP contribution is 2.16. The van der Waals surface area contributed by atoms with Gasteiger partial charge >= 0.3 is 0 Å². The lowest BCUT2D eigenvalue weighted by Crippen LogP contribution is -2.31. The van der Waals surface area contributed by atoms with Crippen molar-refractivity contribution >= 4 is 23.2 Å². The molecule has 0 unspecified atom stereocenters. The minimum Gasteiger partial charge on any atom is -0.376 e. The summed E-state index contributed by atoms with van der Waals surface area (Å²) in [4.78, 5) is 26.5. The highest BCUT2D eigenvalue weighted by molar-refractivity contribution is 5.96. The molecule has 0 aliphatic carbocycles. The van der Waals surface area contributed by atoms with Gasteiger partial charge in [-0.1, -0.05) is 12.8 Å². The molecule has 0 aromatic heterocycles. The molecule has 1 aliphatic rings. The van der Waals surface area contributed by atoms with E-state index in [1.807, 2.05) is 4.90 Å². The Labute approximate surface area is 158 Å². The Kier molecular flexibility index (Phi) is 6.41. The lowest BCUT2D eigenvalue weighted by atomic mass is 10.1. The van der Waals surface area contributed by atoms with E-state index in [-0.39, 0.29) is 24.2 Å². The number of anilines is 2. The van der Waals surface area contributed by atoms with Crippen LogP contribution in [0, 0.1) is 5.82 Å². The van der Waals surface area contributed by atoms with Crippen molar-refractivity contribution in [1.29, 1.82) is 0 Å². The minimum atomic E-state index is -0.320. The van der Waals surface area contributed by atoms with Crippen LogP contribution in [0.25, 0.3) is 0 Å². The Balaban J connectivity index is 1.51. The van der Waals surface area contributed by atoms with Crippen molar-refractivity contribution in [2.45, 2.75) is 25.7 Å². The molecule has 1 heterocycles. The van der Waals surface area contributed by atoms with Gasteiger partial charge in [-0.05, 0) is 61.4 Å². The normalized spacial score (nSPS) is 14.3. The summed E-state index contributed by atoms with van der Waals surface area (Å²) in [5.41, 5.74) is 1.94. The quantitative estimate of drug-likeness (QED) is 0.840. The number of benzene rings is 2. The molecule has 0 bridgehead atoms. The van der Waals surface area contributed by atoms with E-state index < -0.39 is 0 Å². The second kappa shape index (κ2) is 9.16. The number of hydrogen-bond donors (Lipinski definition) is 2. The first-order chi connectivity index (χ1) is 13.1. The predicted molar refractivity (Wildman–Crippen MR) is 104 cm³/mol. The van der Waals surface area contributed by atoms with Crippen molar-refractivity contribution in [3.63, 3.8) is 0 Å². The average molecular weight is 369 g/mol. The maximum atomic E-state index is 12.9. The number of carbonyl (C=O) groups is 2. The second-order valence-electron chi connectivity index (χ2n) is 6.69. The summed E-state index contributed by atoms with van der Waals surface area (Å²) in [5.74, 6) is -0.488. The van der Waals surface area contributed by atoms with E-state index >= 15 is 0 Å². The van der Waals surface area contributed by atoms with Crippen LogP contribution in [-0.4, -0.2) is 36.3 Å². The first kappa shape index (κ1) is 18.9. The lowest BCUT2D eigenvalue weighted by molar-refractivity contribution is -0.114. The van der Waals surface area contributed by atoms with E-state index in [9.17, 15) is 14.0 Å². The number of nitrogens with zero attached hydrogens (tertiary/aromatic N) is 1. The number of amides is 2. The number of hydrogen-bond acceptors (Lipinski definition) is 3. The zero-order valence-corrected chi connectivity index (χ0v) is 15.2. The van der Waals surface area contributed by atoms with Crippen molar-refractivity contribution < 1.29 is 14.0 Å². The molecule has 3 rings (SSSR count). The van der Waals surface area contributed by atoms with Crippen LogP contribution in [0.4, 0.5) is 15.8 Å². The molecular formula is C21H24FN3O2. The fourth-order valence-electron chi connectivity index (χ4n) is 3.11. The number of rotatable bonds is 5. The third-order valence-electron chi connectivity index (χ3n) is 4.61. The first-order valence-corrected chi connectivity index (χ1v) is 9.30. The standard InChI is InChI=1S/C21H24FN3O2/c22-17-7-11-18(12-8-17)23-15-20(26)24-19-9-5-16(6-10-19)21(27)25-13-3-1-2-4-14-25/h5-12,23H,1-4,13-15H2,(H,24,26). The van der Waals surface area contributed by atoms with Crippen LogP contribution < -0.4 is 10.6 Å². The number of nitrogens with one attached hydrogen (secondary N) is 2. The van der Waals surface area contributed by atoms with E-state index in [4.69, 9.17) is 0 Å². The monoisotopic (exact) mass is 369 g/mol. The fraction of sp³-hybridized carbons (Fsp3) is 0.333. The molecule has 2 amide bonds. The summed E-state index contributed by atoms with van der Waals surface area (Å²) in [5, 5.41) is 5.71. The van der Waals surface area contributed by atoms with E-state index in [2.05, 4.69) is 10.6 Å². The summed E-state index contributed by atoms with van der Waals surface area (Å²) in [7, 11) is 0. The van der Waals surface area contributed by atoms with Gasteiger partial charge in [0.15, 0.2) is 0 Å². The molecule has 2 aromatic carbocycles. The average Bonchev–Trinajstić information content (AvgIpc) is 2.97. The van der Waals surface area contributed by atoms with Gasteiger partial charge in [-0.3, -0.25) is 9.59 Å². The van der Waals surface area contributed by atoms with Crippen molar-refractivity contribution in [3.05, 3.63) is 59.9 Å². The molecule has 2 aromatic rings. The van der Waals surface area contributed by atoms with Crippen LogP contribution in [0.2, 0.25) is 0 Å². The smallest absolute Gasteiger partial charge is 0.253 e. The molecule has 2 N–H and O–H groups in total. The Hall–Kier alpha value is -2.89. The van der Waals surface area contributed by atoms with E-state index in [1.54, 1.807) is 36.4 Å². The molecule has 0 spiro atoms. The van der Waals surface area contributed by atoms with E-state index in [1.165, 1.54) is 25.0 Å². The third kappa shape index (κ3) is 5.54. The van der Waals surface area contributed by atoms with Gasteiger partial charge in [0.2, 0.25) is 5.91 Å². The van der Waals surface area contributed by atoms with Crippen LogP contribution in [0.1, 0.15) is 36.0 Å². The Bertz CT molecular complexity index is 767. The molecule has 6 heteroatoms. The number of likely N-dealkylation sites (tertiary alicyclic amines) is 1. The van der Waals surface area contributed by atoms with Crippen molar-refractivity contribution in [2.24, 2.45) is 0 Å². The van der Waals surface area contributed by atoms with Gasteiger partial charge in [0.05, 0.1) is 6.54 Å². The van der Waals surface area contributed by atoms with E-state index in [0.717, 1.165) is 25.9 Å². The van der Waals surface area contributed by atoms with Gasteiger partial charge in [0.25, 0.3) is 5.91 Å². The number of carbonyl (C=O) groups excluding carboxylic acids is 2. The van der Waals surface area contributed by atoms with Crippen molar-refractivity contribution in [3.8, 4) is 0 Å². The van der Waals surface area contributed by atoms with Gasteiger partial charge in [-0.2, -0.15) is 0 Å². The van der Waals surface area contributed by atoms with Gasteiger partial charge < -0.3 is 15.5 Å². The largest absolute Gasteiger partial charge is 0.376 e. The van der Waals surface area contributed by atoms with Gasteiger partial charge in [0, 0.05) is 30.0 Å². The minimum absolute atomic E-state index is 0.0488. The molecule has 0 atom stereocenters. The predicted octanol–water partition coefficient (Wildman–Crippen LogP) is 3.89. The molecule has 5 nitrogen and oxygen atoms in total. The van der Waals surface area contributed by atoms with Crippen LogP contribution in [-0.2, 0) is 4.79 Å². The fourth-order valence-corrected chi connectivity index (χ4v) is 3.11. The zero-order chi connectivity index (χ0) is 19.1. The summed E-state index contributed by atoms with van der Waals surface area (Å²) < 4.78 is 12.9. The van der Waals surface area contributed by atoms with Crippen LogP contribution in [0.15, 0.2) is 48.5 Å². The maximum Gasteiger partial charge on any atom is 0.253 e.